The molecule has 0 aliphatic heterocycles. The first-order valence-corrected chi connectivity index (χ1v) is 7.91. The number of benzene rings is 1. The van der Waals surface area contributed by atoms with Crippen molar-refractivity contribution in [3.05, 3.63) is 28.2 Å². The summed E-state index contributed by atoms with van der Waals surface area (Å²) in [6.07, 6.45) is 1.90. The van der Waals surface area contributed by atoms with Crippen molar-refractivity contribution in [1.29, 1.82) is 0 Å². The molecule has 0 aromatic heterocycles. The van der Waals surface area contributed by atoms with Gasteiger partial charge in [-0.05, 0) is 36.5 Å². The van der Waals surface area contributed by atoms with E-state index >= 15 is 0 Å². The fourth-order valence-corrected chi connectivity index (χ4v) is 4.50. The summed E-state index contributed by atoms with van der Waals surface area (Å²) in [6, 6.07) is 5.08. The average Bonchev–Trinajstić information content (AvgIpc) is 2.57. The summed E-state index contributed by atoms with van der Waals surface area (Å²) >= 11 is 11.8. The van der Waals surface area contributed by atoms with Gasteiger partial charge in [0.05, 0.1) is 26.1 Å². The minimum atomic E-state index is -1.12. The molecule has 3 atom stereocenters. The van der Waals surface area contributed by atoms with Crippen LogP contribution in [0.4, 0.5) is 0 Å². The molecule has 1 aliphatic rings. The zero-order valence-electron chi connectivity index (χ0n) is 10.5. The highest BCUT2D eigenvalue weighted by Gasteiger charge is 2.42. The number of halogens is 2. The van der Waals surface area contributed by atoms with Crippen LogP contribution in [0.25, 0.3) is 0 Å². The normalized spacial score (nSPS) is 28.3. The molecule has 3 unspecified atom stereocenters. The Morgan fingerprint density at radius 1 is 1.33 bits per heavy atom. The molecule has 1 saturated carbocycles. The molecule has 0 spiro atoms. The fraction of sp³-hybridized carbons (Fsp3) is 0.538. The van der Waals surface area contributed by atoms with Crippen molar-refractivity contribution in [2.24, 2.45) is 11.1 Å². The second-order valence-electron chi connectivity index (χ2n) is 5.46. The maximum atomic E-state index is 12.5. The van der Waals surface area contributed by atoms with E-state index in [-0.39, 0.29) is 16.7 Å². The second kappa shape index (κ2) is 5.12. The largest absolute Gasteiger partial charge is 0.326 e. The van der Waals surface area contributed by atoms with Crippen molar-refractivity contribution in [2.75, 3.05) is 0 Å². The quantitative estimate of drug-likeness (QED) is 0.907. The first-order valence-electron chi connectivity index (χ1n) is 5.94. The Bertz CT molecular complexity index is 490. The number of nitrogens with two attached hydrogens (primary N) is 1. The Hall–Kier alpha value is -0.0900. The molecule has 18 heavy (non-hydrogen) atoms. The highest BCUT2D eigenvalue weighted by atomic mass is 35.5. The highest BCUT2D eigenvalue weighted by Crippen LogP contribution is 2.40. The Balaban J connectivity index is 2.25. The van der Waals surface area contributed by atoms with Crippen LogP contribution in [0.3, 0.4) is 0 Å². The number of rotatable bonds is 2. The van der Waals surface area contributed by atoms with Crippen LogP contribution in [0, 0.1) is 5.41 Å². The van der Waals surface area contributed by atoms with Crippen molar-refractivity contribution < 1.29 is 4.21 Å². The van der Waals surface area contributed by atoms with Gasteiger partial charge in [0.1, 0.15) is 0 Å². The second-order valence-corrected chi connectivity index (χ2v) is 7.95. The summed E-state index contributed by atoms with van der Waals surface area (Å²) in [5.74, 6) is 0. The van der Waals surface area contributed by atoms with E-state index in [4.69, 9.17) is 28.9 Å². The molecule has 1 aliphatic carbocycles. The van der Waals surface area contributed by atoms with Gasteiger partial charge in [-0.2, -0.15) is 0 Å². The maximum Gasteiger partial charge on any atom is 0.0604 e. The molecule has 2 nitrogen and oxygen atoms in total. The van der Waals surface area contributed by atoms with Crippen molar-refractivity contribution in [3.8, 4) is 0 Å². The third-order valence-electron chi connectivity index (χ3n) is 3.77. The molecule has 1 aromatic carbocycles. The van der Waals surface area contributed by atoms with Gasteiger partial charge in [-0.1, -0.05) is 37.0 Å². The number of hydrogen-bond acceptors (Lipinski definition) is 2. The van der Waals surface area contributed by atoms with Crippen LogP contribution in [-0.4, -0.2) is 15.5 Å². The Morgan fingerprint density at radius 2 is 2.00 bits per heavy atom. The van der Waals surface area contributed by atoms with Gasteiger partial charge in [-0.3, -0.25) is 4.21 Å². The summed E-state index contributed by atoms with van der Waals surface area (Å²) < 4.78 is 12.5. The summed E-state index contributed by atoms with van der Waals surface area (Å²) in [7, 11) is -1.12. The third-order valence-corrected chi connectivity index (χ3v) is 6.31. The average molecular weight is 306 g/mol. The molecule has 100 valence electrons. The predicted molar refractivity (Wildman–Crippen MR) is 77.6 cm³/mol. The lowest BCUT2D eigenvalue weighted by atomic mass is 9.88. The van der Waals surface area contributed by atoms with Gasteiger partial charge in [-0.15, -0.1) is 0 Å². The van der Waals surface area contributed by atoms with E-state index in [9.17, 15) is 4.21 Å². The van der Waals surface area contributed by atoms with Gasteiger partial charge in [0.2, 0.25) is 0 Å². The highest BCUT2D eigenvalue weighted by molar-refractivity contribution is 7.85. The van der Waals surface area contributed by atoms with Crippen LogP contribution in [0.2, 0.25) is 10.0 Å². The lowest BCUT2D eigenvalue weighted by Crippen LogP contribution is -2.41. The monoisotopic (exact) mass is 305 g/mol. The summed E-state index contributed by atoms with van der Waals surface area (Å²) in [5, 5.41) is 0.916. The smallest absolute Gasteiger partial charge is 0.0604 e. The molecule has 2 rings (SSSR count). The summed E-state index contributed by atoms with van der Waals surface area (Å²) in [4.78, 5) is 0.711. The zero-order chi connectivity index (χ0) is 13.5. The standard InChI is InChI=1S/C13H17Cl2NOS/c1-13(2)6-5-11(12(13)16)18(17)8-3-4-9(14)10(15)7-8/h3-4,7,11-12H,5-6,16H2,1-2H3. The molecule has 1 aromatic rings. The van der Waals surface area contributed by atoms with E-state index in [1.54, 1.807) is 18.2 Å². The van der Waals surface area contributed by atoms with Crippen molar-refractivity contribution in [3.63, 3.8) is 0 Å². The first kappa shape index (κ1) is 14.3. The summed E-state index contributed by atoms with van der Waals surface area (Å²) in [5.41, 5.74) is 6.26. The van der Waals surface area contributed by atoms with Gasteiger partial charge in [-0.25, -0.2) is 0 Å². The van der Waals surface area contributed by atoms with E-state index < -0.39 is 10.8 Å². The van der Waals surface area contributed by atoms with E-state index in [1.807, 2.05) is 0 Å². The van der Waals surface area contributed by atoms with Gasteiger partial charge < -0.3 is 5.73 Å². The summed E-state index contributed by atoms with van der Waals surface area (Å²) in [6.45, 7) is 4.26. The van der Waals surface area contributed by atoms with Crippen molar-refractivity contribution in [2.45, 2.75) is 42.9 Å². The Labute approximate surface area is 120 Å². The van der Waals surface area contributed by atoms with Crippen LogP contribution >= 0.6 is 23.2 Å². The third kappa shape index (κ3) is 2.60. The zero-order valence-corrected chi connectivity index (χ0v) is 12.8. The van der Waals surface area contributed by atoms with Crippen LogP contribution < -0.4 is 5.73 Å². The van der Waals surface area contributed by atoms with Crippen LogP contribution in [0.1, 0.15) is 26.7 Å². The topological polar surface area (TPSA) is 43.1 Å². The Kier molecular flexibility index (Phi) is 4.07. The molecule has 1 fully saturated rings. The molecule has 0 amide bonds. The van der Waals surface area contributed by atoms with Gasteiger partial charge in [0.25, 0.3) is 0 Å². The van der Waals surface area contributed by atoms with Gasteiger partial charge >= 0.3 is 0 Å². The van der Waals surface area contributed by atoms with Crippen LogP contribution in [0.15, 0.2) is 23.1 Å². The van der Waals surface area contributed by atoms with E-state index in [2.05, 4.69) is 13.8 Å². The van der Waals surface area contributed by atoms with Crippen LogP contribution in [-0.2, 0) is 10.8 Å². The fourth-order valence-electron chi connectivity index (χ4n) is 2.38. The van der Waals surface area contributed by atoms with E-state index in [1.165, 1.54) is 0 Å². The van der Waals surface area contributed by atoms with E-state index in [0.717, 1.165) is 12.8 Å². The van der Waals surface area contributed by atoms with Crippen molar-refractivity contribution >= 4 is 34.0 Å². The SMILES string of the molecule is CC1(C)CCC(S(=O)c2ccc(Cl)c(Cl)c2)C1N. The minimum Gasteiger partial charge on any atom is -0.326 e. The van der Waals surface area contributed by atoms with Gasteiger partial charge in [0, 0.05) is 10.9 Å². The molecule has 0 saturated heterocycles. The molecule has 0 heterocycles. The molecule has 0 radical (unpaired) electrons. The molecular weight excluding hydrogens is 289 g/mol. The molecule has 2 N–H and O–H groups in total. The van der Waals surface area contributed by atoms with Crippen LogP contribution in [0.5, 0.6) is 0 Å². The number of hydrogen-bond donors (Lipinski definition) is 1. The minimum absolute atomic E-state index is 0.00255. The predicted octanol–water partition coefficient (Wildman–Crippen LogP) is 3.62. The maximum absolute atomic E-state index is 12.5. The molecule has 5 heteroatoms. The lowest BCUT2D eigenvalue weighted by Gasteiger charge is -2.26. The Morgan fingerprint density at radius 3 is 2.50 bits per heavy atom. The molecular formula is C13H17Cl2NOS. The van der Waals surface area contributed by atoms with E-state index in [0.29, 0.717) is 14.9 Å². The van der Waals surface area contributed by atoms with Gasteiger partial charge in [0.15, 0.2) is 0 Å². The van der Waals surface area contributed by atoms with Crippen molar-refractivity contribution in [1.82, 2.24) is 0 Å². The molecule has 0 bridgehead atoms. The first-order chi connectivity index (χ1) is 8.33. The lowest BCUT2D eigenvalue weighted by molar-refractivity contribution is 0.334.